The molecule has 1 rings (SSSR count). The number of hydrogen-bond acceptors (Lipinski definition) is 5. The van der Waals surface area contributed by atoms with Crippen molar-refractivity contribution in [1.82, 2.24) is 10.3 Å². The Morgan fingerprint density at radius 3 is 2.94 bits per heavy atom. The van der Waals surface area contributed by atoms with Gasteiger partial charge in [0.05, 0.1) is 24.6 Å². The molecule has 0 spiro atoms. The number of methoxy groups -OCH3 is 1. The van der Waals surface area contributed by atoms with Crippen LogP contribution in [0.5, 0.6) is 0 Å². The van der Waals surface area contributed by atoms with Crippen molar-refractivity contribution in [1.29, 1.82) is 0 Å². The zero-order chi connectivity index (χ0) is 12.1. The van der Waals surface area contributed by atoms with Gasteiger partial charge in [0.15, 0.2) is 0 Å². The van der Waals surface area contributed by atoms with E-state index in [4.69, 9.17) is 17.3 Å². The molecule has 0 unspecified atom stereocenters. The van der Waals surface area contributed by atoms with Crippen LogP contribution in [-0.4, -0.2) is 30.5 Å². The molecule has 0 aromatic carbocycles. The molecule has 0 aliphatic rings. The normalized spacial score (nSPS) is 9.62. The van der Waals surface area contributed by atoms with Crippen molar-refractivity contribution in [2.45, 2.75) is 0 Å². The second-order valence-corrected chi connectivity index (χ2v) is 3.24. The molecule has 16 heavy (non-hydrogen) atoms. The predicted molar refractivity (Wildman–Crippen MR) is 58.0 cm³/mol. The molecule has 7 heteroatoms. The molecule has 0 fully saturated rings. The van der Waals surface area contributed by atoms with Gasteiger partial charge in [0.2, 0.25) is 0 Å². The summed E-state index contributed by atoms with van der Waals surface area (Å²) in [4.78, 5) is 26.0. The highest BCUT2D eigenvalue weighted by molar-refractivity contribution is 6.29. The molecular formula is C9H10ClN3O3. The van der Waals surface area contributed by atoms with Gasteiger partial charge in [-0.1, -0.05) is 11.6 Å². The summed E-state index contributed by atoms with van der Waals surface area (Å²) in [6.45, 7) is -0.227. The topological polar surface area (TPSA) is 94.3 Å². The third-order valence-corrected chi connectivity index (χ3v) is 1.97. The zero-order valence-corrected chi connectivity index (χ0v) is 9.25. The number of ether oxygens (including phenoxy) is 1. The summed E-state index contributed by atoms with van der Waals surface area (Å²) >= 11 is 5.61. The van der Waals surface area contributed by atoms with Gasteiger partial charge in [-0.25, -0.2) is 4.98 Å². The first-order valence-electron chi connectivity index (χ1n) is 4.30. The highest BCUT2D eigenvalue weighted by Crippen LogP contribution is 2.14. The van der Waals surface area contributed by atoms with Gasteiger partial charge in [0, 0.05) is 0 Å². The third kappa shape index (κ3) is 3.09. The van der Waals surface area contributed by atoms with Crippen LogP contribution in [0, 0.1) is 0 Å². The SMILES string of the molecule is COC(=O)CNC(=O)c1cc(Cl)ncc1N. The molecule has 0 saturated heterocycles. The van der Waals surface area contributed by atoms with E-state index in [1.54, 1.807) is 0 Å². The van der Waals surface area contributed by atoms with Gasteiger partial charge in [-0.2, -0.15) is 0 Å². The van der Waals surface area contributed by atoms with Gasteiger partial charge in [-0.3, -0.25) is 9.59 Å². The van der Waals surface area contributed by atoms with Crippen molar-refractivity contribution >= 4 is 29.2 Å². The summed E-state index contributed by atoms with van der Waals surface area (Å²) in [6.07, 6.45) is 1.27. The number of hydrogen-bond donors (Lipinski definition) is 2. The molecular weight excluding hydrogens is 234 g/mol. The van der Waals surface area contributed by atoms with Crippen LogP contribution in [0.2, 0.25) is 5.15 Å². The van der Waals surface area contributed by atoms with E-state index >= 15 is 0 Å². The van der Waals surface area contributed by atoms with Gasteiger partial charge >= 0.3 is 5.97 Å². The Morgan fingerprint density at radius 1 is 1.62 bits per heavy atom. The Bertz CT molecular complexity index is 422. The molecule has 1 aromatic heterocycles. The number of nitrogen functional groups attached to an aromatic ring is 1. The maximum absolute atomic E-state index is 11.6. The summed E-state index contributed by atoms with van der Waals surface area (Å²) in [5.74, 6) is -1.06. The quantitative estimate of drug-likeness (QED) is 0.585. The highest BCUT2D eigenvalue weighted by Gasteiger charge is 2.12. The first kappa shape index (κ1) is 12.3. The number of nitrogens with zero attached hydrogens (tertiary/aromatic N) is 1. The van der Waals surface area contributed by atoms with Crippen LogP contribution in [0.4, 0.5) is 5.69 Å². The molecule has 1 aromatic rings. The van der Waals surface area contributed by atoms with E-state index in [1.807, 2.05) is 0 Å². The Hall–Kier alpha value is -1.82. The smallest absolute Gasteiger partial charge is 0.325 e. The van der Waals surface area contributed by atoms with Crippen LogP contribution in [0.1, 0.15) is 10.4 Å². The first-order valence-corrected chi connectivity index (χ1v) is 4.68. The molecule has 6 nitrogen and oxygen atoms in total. The number of nitrogens with two attached hydrogens (primary N) is 1. The molecule has 3 N–H and O–H groups in total. The van der Waals surface area contributed by atoms with Crippen LogP contribution < -0.4 is 11.1 Å². The number of aromatic nitrogens is 1. The second kappa shape index (κ2) is 5.32. The van der Waals surface area contributed by atoms with E-state index in [-0.39, 0.29) is 22.9 Å². The second-order valence-electron chi connectivity index (χ2n) is 2.85. The van der Waals surface area contributed by atoms with E-state index in [0.29, 0.717) is 0 Å². The maximum atomic E-state index is 11.6. The minimum atomic E-state index is -0.549. The largest absolute Gasteiger partial charge is 0.468 e. The van der Waals surface area contributed by atoms with Gasteiger partial charge in [0.25, 0.3) is 5.91 Å². The Balaban J connectivity index is 2.73. The molecule has 0 radical (unpaired) electrons. The summed E-state index contributed by atoms with van der Waals surface area (Å²) in [5, 5.41) is 2.49. The van der Waals surface area contributed by atoms with Crippen LogP contribution in [0.25, 0.3) is 0 Å². The molecule has 86 valence electrons. The monoisotopic (exact) mass is 243 g/mol. The number of halogens is 1. The van der Waals surface area contributed by atoms with E-state index in [9.17, 15) is 9.59 Å². The van der Waals surface area contributed by atoms with E-state index < -0.39 is 11.9 Å². The third-order valence-electron chi connectivity index (χ3n) is 1.77. The summed E-state index contributed by atoms with van der Waals surface area (Å²) in [7, 11) is 1.23. The Morgan fingerprint density at radius 2 is 2.31 bits per heavy atom. The summed E-state index contributed by atoms with van der Waals surface area (Å²) in [5.41, 5.74) is 5.89. The number of carbonyl (C=O) groups is 2. The van der Waals surface area contributed by atoms with Gasteiger partial charge in [-0.05, 0) is 6.07 Å². The minimum Gasteiger partial charge on any atom is -0.468 e. The lowest BCUT2D eigenvalue weighted by Crippen LogP contribution is -2.30. The standard InChI is InChI=1S/C9H10ClN3O3/c1-16-8(14)4-13-9(15)5-2-7(10)12-3-6(5)11/h2-3H,4,11H2,1H3,(H,13,15). The van der Waals surface area contributed by atoms with Crippen molar-refractivity contribution in [2.75, 3.05) is 19.4 Å². The maximum Gasteiger partial charge on any atom is 0.325 e. The van der Waals surface area contributed by atoms with Crippen molar-refractivity contribution in [3.8, 4) is 0 Å². The summed E-state index contributed by atoms with van der Waals surface area (Å²) in [6, 6.07) is 1.32. The number of carbonyl (C=O) groups excluding carboxylic acids is 2. The van der Waals surface area contributed by atoms with E-state index in [1.165, 1.54) is 19.4 Å². The minimum absolute atomic E-state index is 0.150. The fourth-order valence-electron chi connectivity index (χ4n) is 0.957. The number of rotatable bonds is 3. The fraction of sp³-hybridized carbons (Fsp3) is 0.222. The lowest BCUT2D eigenvalue weighted by Gasteiger charge is -2.06. The Kier molecular flexibility index (Phi) is 4.07. The number of anilines is 1. The molecule has 0 aliphatic heterocycles. The molecule has 0 aliphatic carbocycles. The molecule has 0 atom stereocenters. The lowest BCUT2D eigenvalue weighted by molar-refractivity contribution is -0.139. The van der Waals surface area contributed by atoms with E-state index in [0.717, 1.165) is 0 Å². The zero-order valence-electron chi connectivity index (χ0n) is 8.49. The van der Waals surface area contributed by atoms with Gasteiger partial charge < -0.3 is 15.8 Å². The highest BCUT2D eigenvalue weighted by atomic mass is 35.5. The lowest BCUT2D eigenvalue weighted by atomic mass is 10.2. The summed E-state index contributed by atoms with van der Waals surface area (Å²) < 4.78 is 4.37. The molecule has 0 saturated carbocycles. The number of amides is 1. The Labute approximate surface area is 96.7 Å². The van der Waals surface area contributed by atoms with E-state index in [2.05, 4.69) is 15.0 Å². The fourth-order valence-corrected chi connectivity index (χ4v) is 1.11. The number of pyridine rings is 1. The van der Waals surface area contributed by atoms with Crippen molar-refractivity contribution < 1.29 is 14.3 Å². The van der Waals surface area contributed by atoms with Crippen molar-refractivity contribution in [3.05, 3.63) is 23.0 Å². The van der Waals surface area contributed by atoms with Crippen LogP contribution >= 0.6 is 11.6 Å². The van der Waals surface area contributed by atoms with Gasteiger partial charge in [-0.15, -0.1) is 0 Å². The van der Waals surface area contributed by atoms with Crippen molar-refractivity contribution in [2.24, 2.45) is 0 Å². The van der Waals surface area contributed by atoms with Crippen LogP contribution in [0.15, 0.2) is 12.3 Å². The predicted octanol–water partition coefficient (Wildman–Crippen LogP) is 0.220. The molecule has 0 bridgehead atoms. The first-order chi connectivity index (χ1) is 7.54. The average Bonchev–Trinajstić information content (AvgIpc) is 2.28. The molecule has 1 heterocycles. The molecule has 1 amide bonds. The average molecular weight is 244 g/mol. The van der Waals surface area contributed by atoms with Crippen LogP contribution in [-0.2, 0) is 9.53 Å². The number of esters is 1. The van der Waals surface area contributed by atoms with Crippen LogP contribution in [0.3, 0.4) is 0 Å². The van der Waals surface area contributed by atoms with Crippen molar-refractivity contribution in [3.63, 3.8) is 0 Å². The number of nitrogens with one attached hydrogen (secondary N) is 1. The van der Waals surface area contributed by atoms with Gasteiger partial charge in [0.1, 0.15) is 11.7 Å².